The molecule has 0 spiro atoms. The van der Waals surface area contributed by atoms with Gasteiger partial charge in [-0.3, -0.25) is 10.6 Å². The summed E-state index contributed by atoms with van der Waals surface area (Å²) in [6.07, 6.45) is 3.97. The smallest absolute Gasteiger partial charge is 0.253 e. The number of H-pyrrole nitrogens is 1. The maximum absolute atomic E-state index is 7.78. The Morgan fingerprint density at radius 3 is 2.30 bits per heavy atom. The van der Waals surface area contributed by atoms with Crippen molar-refractivity contribution >= 4 is 18.4 Å². The summed E-state index contributed by atoms with van der Waals surface area (Å²) in [6, 6.07) is 0. The van der Waals surface area contributed by atoms with Crippen molar-refractivity contribution in [3.8, 4) is 0 Å². The predicted octanol–water partition coefficient (Wildman–Crippen LogP) is -1.24. The lowest BCUT2D eigenvalue weighted by Crippen LogP contribution is -1.86. The average Bonchev–Trinajstić information content (AvgIpc) is 2.07. The highest BCUT2D eigenvalue weighted by molar-refractivity contribution is 8.07. The maximum atomic E-state index is 7.78. The molecular weight excluding hydrogens is 175 g/mol. The van der Waals surface area contributed by atoms with Gasteiger partial charge in [-0.05, 0) is 11.8 Å². The fraction of sp³-hybridized carbons (Fsp3) is 0. The van der Waals surface area contributed by atoms with E-state index in [4.69, 9.17) is 9.79 Å². The van der Waals surface area contributed by atoms with Crippen molar-refractivity contribution in [3.63, 3.8) is 0 Å². The standard InChI is InChI=1S/C2H2N3.H4NO2PS/c1-2-4-5-3-1;1-4(2,3)5/h1H,(H,3,4,5);(H4,1,2,3,5). The zero-order valence-corrected chi connectivity index (χ0v) is 6.51. The van der Waals surface area contributed by atoms with Crippen molar-refractivity contribution in [2.75, 3.05) is 0 Å². The van der Waals surface area contributed by atoms with Crippen LogP contribution in [-0.4, -0.2) is 25.2 Å². The van der Waals surface area contributed by atoms with Gasteiger partial charge in [-0.25, -0.2) is 0 Å². The molecule has 1 heterocycles. The van der Waals surface area contributed by atoms with Gasteiger partial charge in [-0.15, -0.1) is 5.10 Å². The maximum Gasteiger partial charge on any atom is 0.253 e. The summed E-state index contributed by atoms with van der Waals surface area (Å²) >= 11 is 3.83. The van der Waals surface area contributed by atoms with Gasteiger partial charge in [0.05, 0.1) is 6.20 Å². The van der Waals surface area contributed by atoms with Crippen molar-refractivity contribution < 1.29 is 9.79 Å². The molecule has 1 rings (SSSR count). The summed E-state index contributed by atoms with van der Waals surface area (Å²) in [5.41, 5.74) is 4.39. The van der Waals surface area contributed by atoms with Crippen molar-refractivity contribution in [2.24, 2.45) is 5.50 Å². The SMILES string of the molecule is NP(O)(O)=S.[c]1c[nH]nn1. The van der Waals surface area contributed by atoms with Crippen LogP contribution in [0, 0.1) is 6.20 Å². The number of nitrogens with one attached hydrogen (secondary N) is 1. The van der Waals surface area contributed by atoms with Gasteiger partial charge >= 0.3 is 0 Å². The summed E-state index contributed by atoms with van der Waals surface area (Å²) in [6.45, 7) is -3.31. The zero-order chi connectivity index (χ0) is 8.04. The molecule has 0 saturated carbocycles. The fourth-order valence-electron chi connectivity index (χ4n) is 0.144. The van der Waals surface area contributed by atoms with Crippen LogP contribution in [0.2, 0.25) is 0 Å². The van der Waals surface area contributed by atoms with Crippen LogP contribution in [0.1, 0.15) is 0 Å². The third kappa shape index (κ3) is 15.6. The van der Waals surface area contributed by atoms with Crippen molar-refractivity contribution in [3.05, 3.63) is 12.4 Å². The van der Waals surface area contributed by atoms with E-state index in [-0.39, 0.29) is 0 Å². The minimum atomic E-state index is -3.31. The Hall–Kier alpha value is -0.330. The largest absolute Gasteiger partial charge is 0.334 e. The lowest BCUT2D eigenvalue weighted by atomic mass is 11.0. The third-order valence-electron chi connectivity index (χ3n) is 0.295. The predicted molar refractivity (Wildman–Crippen MR) is 38.1 cm³/mol. The molecule has 0 bridgehead atoms. The highest BCUT2D eigenvalue weighted by Crippen LogP contribution is 2.20. The molecule has 0 saturated heterocycles. The van der Waals surface area contributed by atoms with Crippen LogP contribution in [0.5, 0.6) is 0 Å². The molecule has 0 amide bonds. The number of hydrogen-bond donors (Lipinski definition) is 4. The van der Waals surface area contributed by atoms with E-state index >= 15 is 0 Å². The first-order valence-corrected chi connectivity index (χ1v) is 4.84. The number of hydrogen-bond acceptors (Lipinski definition) is 3. The lowest BCUT2D eigenvalue weighted by molar-refractivity contribution is 0.481. The van der Waals surface area contributed by atoms with E-state index in [0.29, 0.717) is 0 Å². The second-order valence-electron chi connectivity index (χ2n) is 1.19. The first-order valence-electron chi connectivity index (χ1n) is 2.07. The minimum Gasteiger partial charge on any atom is -0.334 e. The molecule has 0 aliphatic carbocycles. The van der Waals surface area contributed by atoms with Crippen molar-refractivity contribution in [1.82, 2.24) is 15.4 Å². The second kappa shape index (κ2) is 4.48. The summed E-state index contributed by atoms with van der Waals surface area (Å²) in [5.74, 6) is 0. The molecule has 57 valence electrons. The van der Waals surface area contributed by atoms with Gasteiger partial charge in [0.1, 0.15) is 6.20 Å². The van der Waals surface area contributed by atoms with Crippen LogP contribution < -0.4 is 5.50 Å². The molecule has 0 fully saturated rings. The van der Waals surface area contributed by atoms with E-state index in [2.05, 4.69) is 38.9 Å². The zero-order valence-electron chi connectivity index (χ0n) is 4.80. The molecule has 10 heavy (non-hydrogen) atoms. The molecule has 0 atom stereocenters. The van der Waals surface area contributed by atoms with E-state index in [1.165, 1.54) is 6.20 Å². The van der Waals surface area contributed by atoms with Crippen LogP contribution in [-0.2, 0) is 11.8 Å². The van der Waals surface area contributed by atoms with Crippen LogP contribution in [0.3, 0.4) is 0 Å². The van der Waals surface area contributed by atoms with E-state index in [0.717, 1.165) is 0 Å². The monoisotopic (exact) mass is 181 g/mol. The van der Waals surface area contributed by atoms with Gasteiger partial charge in [0.15, 0.2) is 0 Å². The van der Waals surface area contributed by atoms with Crippen LogP contribution in [0.25, 0.3) is 0 Å². The quantitative estimate of drug-likeness (QED) is 0.373. The van der Waals surface area contributed by atoms with Gasteiger partial charge in [-0.1, -0.05) is 5.21 Å². The number of nitrogens with zero attached hydrogens (tertiary/aromatic N) is 2. The van der Waals surface area contributed by atoms with E-state index in [1.807, 2.05) is 0 Å². The van der Waals surface area contributed by atoms with Gasteiger partial charge in [0.2, 0.25) is 0 Å². The Labute approximate surface area is 62.3 Å². The molecule has 1 aromatic heterocycles. The first-order chi connectivity index (χ1) is 4.50. The van der Waals surface area contributed by atoms with Gasteiger partial charge in [-0.2, -0.15) is 0 Å². The van der Waals surface area contributed by atoms with Crippen LogP contribution in [0.15, 0.2) is 6.20 Å². The lowest BCUT2D eigenvalue weighted by Gasteiger charge is -1.90. The van der Waals surface area contributed by atoms with Gasteiger partial charge < -0.3 is 9.79 Å². The Kier molecular flexibility index (Phi) is 4.33. The topological polar surface area (TPSA) is 108 Å². The second-order valence-corrected chi connectivity index (χ2v) is 3.98. The van der Waals surface area contributed by atoms with Gasteiger partial charge in [0, 0.05) is 0 Å². The normalized spacial score (nSPS) is 9.90. The molecule has 0 aliphatic heterocycles. The molecule has 1 radical (unpaired) electrons. The Bertz CT molecular complexity index is 170. The van der Waals surface area contributed by atoms with E-state index in [1.54, 1.807) is 0 Å². The fourth-order valence-corrected chi connectivity index (χ4v) is 0.144. The first kappa shape index (κ1) is 9.67. The average molecular weight is 181 g/mol. The van der Waals surface area contributed by atoms with Crippen LogP contribution in [0.4, 0.5) is 0 Å². The van der Waals surface area contributed by atoms with Crippen molar-refractivity contribution in [2.45, 2.75) is 0 Å². The Morgan fingerprint density at radius 1 is 1.70 bits per heavy atom. The Balaban J connectivity index is 0.000000162. The molecule has 0 aromatic carbocycles. The van der Waals surface area contributed by atoms with Crippen molar-refractivity contribution in [1.29, 1.82) is 0 Å². The van der Waals surface area contributed by atoms with E-state index in [9.17, 15) is 0 Å². The number of rotatable bonds is 0. The minimum absolute atomic E-state index is 1.53. The van der Waals surface area contributed by atoms with Crippen LogP contribution >= 0.6 is 6.64 Å². The highest BCUT2D eigenvalue weighted by atomic mass is 32.5. The molecule has 8 heteroatoms. The number of aromatic nitrogens is 3. The van der Waals surface area contributed by atoms with Gasteiger partial charge in [0.25, 0.3) is 6.64 Å². The Morgan fingerprint density at radius 2 is 2.20 bits per heavy atom. The van der Waals surface area contributed by atoms with E-state index < -0.39 is 6.64 Å². The summed E-state index contributed by atoms with van der Waals surface area (Å²) in [5, 5.41) is 9.03. The third-order valence-corrected chi connectivity index (χ3v) is 0.295. The molecule has 0 unspecified atom stereocenters. The summed E-state index contributed by atoms with van der Waals surface area (Å²) < 4.78 is 0. The molecular formula is C2H6N4O2PS. The molecule has 0 aliphatic rings. The summed E-state index contributed by atoms with van der Waals surface area (Å²) in [4.78, 5) is 15.6. The molecule has 6 nitrogen and oxygen atoms in total. The molecule has 1 aromatic rings. The highest BCUT2D eigenvalue weighted by Gasteiger charge is 1.88. The number of nitrogens with two attached hydrogens (primary N) is 1. The summed E-state index contributed by atoms with van der Waals surface area (Å²) in [7, 11) is 0. The molecule has 5 N–H and O–H groups in total. The number of aromatic amines is 1.